The molecule has 1 unspecified atom stereocenters. The third-order valence-corrected chi connectivity index (χ3v) is 10.5. The number of allylic oxidation sites excluding steroid dienone is 1. The fraction of sp³-hybridized carbons (Fsp3) is 0.926. The first-order chi connectivity index (χ1) is 13.7. The first-order valence-electron chi connectivity index (χ1n) is 12.7. The van der Waals surface area contributed by atoms with Crippen LogP contribution in [0.15, 0.2) is 11.6 Å². The van der Waals surface area contributed by atoms with E-state index in [1.807, 2.05) is 0 Å². The van der Waals surface area contributed by atoms with Gasteiger partial charge in [-0.1, -0.05) is 46.3 Å². The predicted molar refractivity (Wildman–Crippen MR) is 120 cm³/mol. The number of fused-ring (bicyclic) bond motifs is 5. The van der Waals surface area contributed by atoms with Gasteiger partial charge < -0.3 is 10.2 Å². The maximum atomic E-state index is 10.3. The van der Waals surface area contributed by atoms with Gasteiger partial charge >= 0.3 is 0 Å². The highest BCUT2D eigenvalue weighted by Gasteiger charge is 2.59. The van der Waals surface area contributed by atoms with Crippen LogP contribution < -0.4 is 0 Å². The Labute approximate surface area is 179 Å². The Morgan fingerprint density at radius 1 is 1.00 bits per heavy atom. The molecule has 0 heterocycles. The molecule has 4 aliphatic carbocycles. The summed E-state index contributed by atoms with van der Waals surface area (Å²) in [5, 5.41) is 20.5. The molecule has 3 fully saturated rings. The second-order valence-electron chi connectivity index (χ2n) is 12.3. The molecule has 2 heteroatoms. The fourth-order valence-electron chi connectivity index (χ4n) is 8.59. The zero-order valence-corrected chi connectivity index (χ0v) is 19.7. The van der Waals surface area contributed by atoms with Gasteiger partial charge in [0, 0.05) is 0 Å². The van der Waals surface area contributed by atoms with Crippen molar-refractivity contribution >= 4 is 0 Å². The minimum absolute atomic E-state index is 0.0994. The van der Waals surface area contributed by atoms with Crippen LogP contribution in [0.4, 0.5) is 0 Å². The molecule has 0 spiro atoms. The fourth-order valence-corrected chi connectivity index (χ4v) is 8.59. The van der Waals surface area contributed by atoms with Crippen LogP contribution in [0.3, 0.4) is 0 Å². The Morgan fingerprint density at radius 2 is 1.76 bits per heavy atom. The zero-order chi connectivity index (χ0) is 21.0. The summed E-state index contributed by atoms with van der Waals surface area (Å²) in [5.41, 5.74) is 2.44. The Hall–Kier alpha value is -0.340. The van der Waals surface area contributed by atoms with Gasteiger partial charge in [0.1, 0.15) is 0 Å². The van der Waals surface area contributed by atoms with Crippen LogP contribution in [0.2, 0.25) is 0 Å². The van der Waals surface area contributed by atoms with E-state index in [2.05, 4.69) is 40.7 Å². The maximum Gasteiger partial charge on any atom is 0.0577 e. The first kappa shape index (κ1) is 21.9. The molecule has 9 atom stereocenters. The molecule has 0 aromatic rings. The Morgan fingerprint density at radius 3 is 2.48 bits per heavy atom. The third-order valence-electron chi connectivity index (χ3n) is 10.5. The lowest BCUT2D eigenvalue weighted by atomic mass is 9.47. The molecule has 0 radical (unpaired) electrons. The smallest absolute Gasteiger partial charge is 0.0577 e. The minimum Gasteiger partial charge on any atom is -0.393 e. The second-order valence-corrected chi connectivity index (χ2v) is 12.3. The molecule has 166 valence electrons. The molecule has 4 aliphatic rings. The molecule has 0 aliphatic heterocycles. The highest BCUT2D eigenvalue weighted by Crippen LogP contribution is 2.67. The van der Waals surface area contributed by atoms with E-state index in [1.165, 1.54) is 44.9 Å². The van der Waals surface area contributed by atoms with E-state index in [4.69, 9.17) is 0 Å². The lowest BCUT2D eigenvalue weighted by Gasteiger charge is -2.58. The summed E-state index contributed by atoms with van der Waals surface area (Å²) in [5.74, 6) is 4.51. The molecule has 0 saturated heterocycles. The Bertz CT molecular complexity index is 624. The van der Waals surface area contributed by atoms with E-state index in [0.717, 1.165) is 48.9 Å². The van der Waals surface area contributed by atoms with Gasteiger partial charge in [-0.2, -0.15) is 0 Å². The van der Waals surface area contributed by atoms with E-state index in [0.29, 0.717) is 16.7 Å². The van der Waals surface area contributed by atoms with Crippen molar-refractivity contribution in [1.82, 2.24) is 0 Å². The summed E-state index contributed by atoms with van der Waals surface area (Å²) in [7, 11) is 0. The van der Waals surface area contributed by atoms with Gasteiger partial charge in [0.2, 0.25) is 0 Å². The van der Waals surface area contributed by atoms with Crippen molar-refractivity contribution in [2.45, 2.75) is 111 Å². The number of aliphatic hydroxyl groups excluding tert-OH is 2. The molecular weight excluding hydrogens is 356 g/mol. The lowest BCUT2D eigenvalue weighted by molar-refractivity contribution is -0.0579. The van der Waals surface area contributed by atoms with Crippen LogP contribution in [-0.4, -0.2) is 22.4 Å². The van der Waals surface area contributed by atoms with Gasteiger partial charge in [0.05, 0.1) is 12.2 Å². The molecule has 29 heavy (non-hydrogen) atoms. The molecule has 0 aromatic heterocycles. The maximum absolute atomic E-state index is 10.3. The molecule has 0 amide bonds. The van der Waals surface area contributed by atoms with Gasteiger partial charge in [0.15, 0.2) is 0 Å². The highest BCUT2D eigenvalue weighted by molar-refractivity contribution is 5.25. The second kappa shape index (κ2) is 7.97. The lowest BCUT2D eigenvalue weighted by Crippen LogP contribution is -2.50. The van der Waals surface area contributed by atoms with E-state index in [-0.39, 0.29) is 12.2 Å². The van der Waals surface area contributed by atoms with E-state index in [9.17, 15) is 10.2 Å². The normalized spacial score (nSPS) is 46.5. The Balaban J connectivity index is 1.49. The van der Waals surface area contributed by atoms with Crippen molar-refractivity contribution in [2.75, 3.05) is 0 Å². The monoisotopic (exact) mass is 402 g/mol. The standard InChI is InChI=1S/C27H46O2/c1-17(2)25(29)11-6-18(3)22-9-10-23-21-8-7-19-16-20(28)12-14-26(19,4)24(21)13-15-27(22,23)5/h7,17-18,20-25,28-29H,6,8-16H2,1-5H3/t18-,20+,21+,22?,23+,24+,25+,26+,27-/m1/s1. The summed E-state index contributed by atoms with van der Waals surface area (Å²) in [4.78, 5) is 0. The van der Waals surface area contributed by atoms with Crippen molar-refractivity contribution in [1.29, 1.82) is 0 Å². The average Bonchev–Trinajstić information content (AvgIpc) is 3.03. The quantitative estimate of drug-likeness (QED) is 0.525. The van der Waals surface area contributed by atoms with Crippen molar-refractivity contribution in [3.05, 3.63) is 11.6 Å². The topological polar surface area (TPSA) is 40.5 Å². The summed E-state index contributed by atoms with van der Waals surface area (Å²) in [6, 6.07) is 0. The first-order valence-corrected chi connectivity index (χ1v) is 12.7. The Kier molecular flexibility index (Phi) is 6.01. The van der Waals surface area contributed by atoms with Gasteiger partial charge in [-0.15, -0.1) is 0 Å². The predicted octanol–water partition coefficient (Wildman–Crippen LogP) is 6.36. The number of hydrogen-bond donors (Lipinski definition) is 2. The minimum atomic E-state index is -0.137. The summed E-state index contributed by atoms with van der Waals surface area (Å²) in [6.45, 7) is 11.9. The van der Waals surface area contributed by atoms with E-state index >= 15 is 0 Å². The van der Waals surface area contributed by atoms with Gasteiger partial charge in [-0.05, 0) is 111 Å². The summed E-state index contributed by atoms with van der Waals surface area (Å²) in [6.07, 6.45) is 14.4. The summed E-state index contributed by atoms with van der Waals surface area (Å²) >= 11 is 0. The number of aliphatic hydroxyl groups is 2. The summed E-state index contributed by atoms with van der Waals surface area (Å²) < 4.78 is 0. The molecule has 0 aromatic carbocycles. The van der Waals surface area contributed by atoms with Gasteiger partial charge in [0.25, 0.3) is 0 Å². The third kappa shape index (κ3) is 3.65. The van der Waals surface area contributed by atoms with Crippen LogP contribution in [0.25, 0.3) is 0 Å². The van der Waals surface area contributed by atoms with E-state index in [1.54, 1.807) is 5.57 Å². The molecule has 2 nitrogen and oxygen atoms in total. The van der Waals surface area contributed by atoms with Gasteiger partial charge in [-0.3, -0.25) is 0 Å². The van der Waals surface area contributed by atoms with E-state index < -0.39 is 0 Å². The van der Waals surface area contributed by atoms with Crippen molar-refractivity contribution in [3.8, 4) is 0 Å². The molecular formula is C27H46O2. The highest BCUT2D eigenvalue weighted by atomic mass is 16.3. The molecule has 4 rings (SSSR count). The van der Waals surface area contributed by atoms with Crippen LogP contribution in [-0.2, 0) is 0 Å². The SMILES string of the molecule is CC(C)[C@@H](O)CC[C@@H](C)C1CC[C@H]2[C@@H]3CC=C4C[C@@H](O)CC[C@]4(C)[C@H]3CC[C@]12C. The van der Waals surface area contributed by atoms with Gasteiger partial charge in [-0.25, -0.2) is 0 Å². The zero-order valence-electron chi connectivity index (χ0n) is 19.7. The van der Waals surface area contributed by atoms with Crippen LogP contribution in [0, 0.1) is 46.3 Å². The van der Waals surface area contributed by atoms with Crippen LogP contribution in [0.5, 0.6) is 0 Å². The van der Waals surface area contributed by atoms with Crippen molar-refractivity contribution in [2.24, 2.45) is 46.3 Å². The number of hydrogen-bond acceptors (Lipinski definition) is 2. The van der Waals surface area contributed by atoms with Crippen molar-refractivity contribution < 1.29 is 10.2 Å². The number of rotatable bonds is 5. The average molecular weight is 403 g/mol. The van der Waals surface area contributed by atoms with Crippen LogP contribution in [0.1, 0.15) is 98.8 Å². The largest absolute Gasteiger partial charge is 0.393 e. The van der Waals surface area contributed by atoms with Crippen LogP contribution >= 0.6 is 0 Å². The molecule has 2 N–H and O–H groups in total. The molecule has 0 bridgehead atoms. The molecule has 3 saturated carbocycles. The van der Waals surface area contributed by atoms with Crippen molar-refractivity contribution in [3.63, 3.8) is 0 Å².